The molecular weight excluding hydrogens is 598 g/mol. The second kappa shape index (κ2) is 15.3. The summed E-state index contributed by atoms with van der Waals surface area (Å²) in [7, 11) is 0. The Morgan fingerprint density at radius 1 is 0.778 bits per heavy atom. The van der Waals surface area contributed by atoms with Crippen LogP contribution in [0.5, 0.6) is 0 Å². The first kappa shape index (κ1) is 33.1. The number of para-hydroxylation sites is 2. The van der Waals surface area contributed by atoms with Crippen LogP contribution in [0.3, 0.4) is 0 Å². The number of nitrogens with two attached hydrogens (primary N) is 2. The third-order valence-electron chi connectivity index (χ3n) is 7.45. The number of primary amides is 1. The fourth-order valence-corrected chi connectivity index (χ4v) is 5.56. The van der Waals surface area contributed by atoms with Gasteiger partial charge in [-0.15, -0.1) is 0 Å². The van der Waals surface area contributed by atoms with Crippen molar-refractivity contribution in [2.24, 2.45) is 11.5 Å². The van der Waals surface area contributed by atoms with Crippen molar-refractivity contribution in [2.45, 2.75) is 49.9 Å². The lowest BCUT2D eigenvalue weighted by Gasteiger charge is -2.25. The maximum atomic E-state index is 13.8. The molecule has 2 aromatic carbocycles. The number of carbonyl (C=O) groups excluding carboxylic acids is 4. The molecule has 2 heterocycles. The van der Waals surface area contributed by atoms with Gasteiger partial charge in [-0.25, -0.2) is 4.79 Å². The molecule has 0 aliphatic rings. The highest BCUT2D eigenvalue weighted by Crippen LogP contribution is 2.21. The molecule has 14 heteroatoms. The molecule has 0 aliphatic heterocycles. The normalized spacial score (nSPS) is 13.9. The Morgan fingerprint density at radius 2 is 1.29 bits per heavy atom. The zero-order chi connectivity index (χ0) is 32.5. The number of rotatable bonds is 16. The molecular formula is C31H37N7O6S. The van der Waals surface area contributed by atoms with Crippen LogP contribution >= 0.6 is 11.8 Å². The standard InChI is InChI=1S/C31H37N7O6S/c1-45-11-10-24(29(41)38-26(31(43)44)14-27(33)39)36-30(42)25(13-18-16-35-23-9-5-3-7-20(18)23)37-28(40)21(32)12-17-15-34-22-8-4-2-6-19(17)22/h2-9,15-16,21,24-26,34-35H,10-14,32H2,1H3,(H2,33,39)(H,36,42)(H,37,40)(H,38,41)(H,43,44). The Bertz CT molecular complexity index is 1680. The number of aliphatic carboxylic acids is 1. The van der Waals surface area contributed by atoms with Crippen molar-refractivity contribution in [1.82, 2.24) is 25.9 Å². The number of carboxylic acid groups (broad SMARTS) is 1. The molecule has 4 rings (SSSR count). The zero-order valence-electron chi connectivity index (χ0n) is 24.7. The number of benzene rings is 2. The number of thioether (sulfide) groups is 1. The Kier molecular flexibility index (Phi) is 11.2. The monoisotopic (exact) mass is 635 g/mol. The average molecular weight is 636 g/mol. The van der Waals surface area contributed by atoms with E-state index in [0.717, 1.165) is 32.9 Å². The molecule has 0 spiro atoms. The molecule has 0 bridgehead atoms. The van der Waals surface area contributed by atoms with Crippen LogP contribution in [0.15, 0.2) is 60.9 Å². The van der Waals surface area contributed by atoms with Crippen molar-refractivity contribution < 1.29 is 29.1 Å². The average Bonchev–Trinajstić information content (AvgIpc) is 3.62. The summed E-state index contributed by atoms with van der Waals surface area (Å²) in [5.74, 6) is -3.89. The fourth-order valence-electron chi connectivity index (χ4n) is 5.09. The van der Waals surface area contributed by atoms with E-state index in [-0.39, 0.29) is 19.3 Å². The molecule has 2 aromatic heterocycles. The van der Waals surface area contributed by atoms with Crippen molar-refractivity contribution in [3.63, 3.8) is 0 Å². The van der Waals surface area contributed by atoms with Gasteiger partial charge in [0.2, 0.25) is 23.6 Å². The minimum absolute atomic E-state index is 0.0810. The van der Waals surface area contributed by atoms with Gasteiger partial charge in [0, 0.05) is 40.6 Å². The summed E-state index contributed by atoms with van der Waals surface area (Å²) in [5.41, 5.74) is 14.8. The maximum Gasteiger partial charge on any atom is 0.326 e. The number of hydrogen-bond donors (Lipinski definition) is 8. The highest BCUT2D eigenvalue weighted by molar-refractivity contribution is 7.98. The molecule has 45 heavy (non-hydrogen) atoms. The van der Waals surface area contributed by atoms with Crippen molar-refractivity contribution in [3.8, 4) is 0 Å². The largest absolute Gasteiger partial charge is 0.480 e. The van der Waals surface area contributed by atoms with Crippen molar-refractivity contribution in [2.75, 3.05) is 12.0 Å². The van der Waals surface area contributed by atoms with E-state index < -0.39 is 60.2 Å². The first-order chi connectivity index (χ1) is 21.6. The predicted octanol–water partition coefficient (Wildman–Crippen LogP) is 0.929. The molecule has 10 N–H and O–H groups in total. The molecule has 4 amide bonds. The lowest BCUT2D eigenvalue weighted by Crippen LogP contribution is -2.58. The van der Waals surface area contributed by atoms with Crippen LogP contribution in [0.25, 0.3) is 21.8 Å². The molecule has 4 atom stereocenters. The van der Waals surface area contributed by atoms with Crippen LogP contribution in [-0.4, -0.2) is 80.8 Å². The van der Waals surface area contributed by atoms with Crippen LogP contribution in [-0.2, 0) is 36.8 Å². The van der Waals surface area contributed by atoms with E-state index in [0.29, 0.717) is 5.75 Å². The molecule has 4 aromatic rings. The van der Waals surface area contributed by atoms with Crippen LogP contribution in [0.2, 0.25) is 0 Å². The first-order valence-electron chi connectivity index (χ1n) is 14.3. The van der Waals surface area contributed by atoms with E-state index in [4.69, 9.17) is 11.5 Å². The fraction of sp³-hybridized carbons (Fsp3) is 0.323. The summed E-state index contributed by atoms with van der Waals surface area (Å²) < 4.78 is 0. The number of aromatic amines is 2. The number of fused-ring (bicyclic) bond motifs is 2. The summed E-state index contributed by atoms with van der Waals surface area (Å²) in [5, 5.41) is 19.0. The maximum absolute atomic E-state index is 13.8. The highest BCUT2D eigenvalue weighted by atomic mass is 32.2. The Morgan fingerprint density at radius 3 is 1.84 bits per heavy atom. The number of aromatic nitrogens is 2. The van der Waals surface area contributed by atoms with Crippen molar-refractivity contribution in [1.29, 1.82) is 0 Å². The van der Waals surface area contributed by atoms with Crippen LogP contribution in [0.4, 0.5) is 0 Å². The summed E-state index contributed by atoms with van der Waals surface area (Å²) in [4.78, 5) is 69.6. The van der Waals surface area contributed by atoms with E-state index >= 15 is 0 Å². The zero-order valence-corrected chi connectivity index (χ0v) is 25.5. The van der Waals surface area contributed by atoms with Crippen LogP contribution in [0.1, 0.15) is 24.0 Å². The number of hydrogen-bond acceptors (Lipinski definition) is 7. The summed E-state index contributed by atoms with van der Waals surface area (Å²) >= 11 is 1.43. The molecule has 238 valence electrons. The van der Waals surface area contributed by atoms with Gasteiger partial charge in [-0.1, -0.05) is 36.4 Å². The summed E-state index contributed by atoms with van der Waals surface area (Å²) in [6, 6.07) is 10.3. The third kappa shape index (κ3) is 8.64. The summed E-state index contributed by atoms with van der Waals surface area (Å²) in [6.45, 7) is 0. The van der Waals surface area contributed by atoms with E-state index in [1.165, 1.54) is 11.8 Å². The quantitative estimate of drug-likeness (QED) is 0.0882. The van der Waals surface area contributed by atoms with Gasteiger partial charge in [0.1, 0.15) is 18.1 Å². The van der Waals surface area contributed by atoms with Crippen molar-refractivity contribution >= 4 is 63.2 Å². The minimum Gasteiger partial charge on any atom is -0.480 e. The number of carboxylic acids is 1. The Labute approximate surface area is 263 Å². The second-order valence-corrected chi connectivity index (χ2v) is 11.7. The van der Waals surface area contributed by atoms with Crippen LogP contribution in [0, 0.1) is 0 Å². The topological polar surface area (TPSA) is 225 Å². The predicted molar refractivity (Wildman–Crippen MR) is 172 cm³/mol. The molecule has 0 saturated carbocycles. The second-order valence-electron chi connectivity index (χ2n) is 10.7. The number of amides is 4. The van der Waals surface area contributed by atoms with E-state index in [9.17, 15) is 29.1 Å². The first-order valence-corrected chi connectivity index (χ1v) is 15.7. The van der Waals surface area contributed by atoms with E-state index in [1.807, 2.05) is 54.8 Å². The van der Waals surface area contributed by atoms with Gasteiger partial charge in [-0.3, -0.25) is 19.2 Å². The molecule has 13 nitrogen and oxygen atoms in total. The van der Waals surface area contributed by atoms with E-state index in [2.05, 4.69) is 25.9 Å². The van der Waals surface area contributed by atoms with Gasteiger partial charge in [-0.2, -0.15) is 11.8 Å². The molecule has 0 aliphatic carbocycles. The lowest BCUT2D eigenvalue weighted by molar-refractivity contribution is -0.143. The van der Waals surface area contributed by atoms with E-state index in [1.54, 1.807) is 12.4 Å². The molecule has 0 radical (unpaired) electrons. The minimum atomic E-state index is -1.56. The number of nitrogens with one attached hydrogen (secondary N) is 5. The lowest BCUT2D eigenvalue weighted by atomic mass is 10.0. The summed E-state index contributed by atoms with van der Waals surface area (Å²) in [6.07, 6.45) is 5.21. The Balaban J connectivity index is 1.55. The molecule has 0 saturated heterocycles. The van der Waals surface area contributed by atoms with Gasteiger partial charge < -0.3 is 42.5 Å². The highest BCUT2D eigenvalue weighted by Gasteiger charge is 2.31. The number of H-pyrrole nitrogens is 2. The van der Waals surface area contributed by atoms with Gasteiger partial charge in [0.25, 0.3) is 0 Å². The SMILES string of the molecule is CSCCC(NC(=O)C(Cc1c[nH]c2ccccc12)NC(=O)C(N)Cc1c[nH]c2ccccc12)C(=O)NC(CC(N)=O)C(=O)O. The Hall–Kier alpha value is -4.82. The number of carbonyl (C=O) groups is 5. The van der Waals surface area contributed by atoms with Gasteiger partial charge in [0.15, 0.2) is 0 Å². The van der Waals surface area contributed by atoms with Crippen LogP contribution < -0.4 is 27.4 Å². The van der Waals surface area contributed by atoms with Gasteiger partial charge >= 0.3 is 5.97 Å². The third-order valence-corrected chi connectivity index (χ3v) is 8.09. The van der Waals surface area contributed by atoms with Gasteiger partial charge in [-0.05, 0) is 48.1 Å². The molecule has 0 fully saturated rings. The van der Waals surface area contributed by atoms with Gasteiger partial charge in [0.05, 0.1) is 12.5 Å². The van der Waals surface area contributed by atoms with Crippen molar-refractivity contribution in [3.05, 3.63) is 72.1 Å². The molecule has 4 unspecified atom stereocenters. The smallest absolute Gasteiger partial charge is 0.326 e.